The van der Waals surface area contributed by atoms with Gasteiger partial charge in [-0.1, -0.05) is 0 Å². The first-order valence-electron chi connectivity index (χ1n) is 4.88. The summed E-state index contributed by atoms with van der Waals surface area (Å²) in [5, 5.41) is 15.7. The summed E-state index contributed by atoms with van der Waals surface area (Å²) in [6, 6.07) is 1.20. The topological polar surface area (TPSA) is 98.3 Å². The molecule has 0 fully saturated rings. The summed E-state index contributed by atoms with van der Waals surface area (Å²) in [4.78, 5) is 13.9. The number of hydrogen-bond donors (Lipinski definition) is 1. The molecule has 0 unspecified atom stereocenters. The summed E-state index contributed by atoms with van der Waals surface area (Å²) in [5.74, 6) is -1.41. The van der Waals surface area contributed by atoms with Crippen molar-refractivity contribution in [3.63, 3.8) is 0 Å². The average molecular weight is 253 g/mol. The number of pyridine rings is 1. The minimum Gasteiger partial charge on any atom is -0.480 e. The third-order valence-corrected chi connectivity index (χ3v) is 1.87. The molecule has 2 rings (SSSR count). The van der Waals surface area contributed by atoms with E-state index < -0.39 is 18.4 Å². The van der Waals surface area contributed by atoms with E-state index in [2.05, 4.69) is 15.2 Å². The molecular weight excluding hydrogens is 245 g/mol. The molecule has 0 aliphatic rings. The van der Waals surface area contributed by atoms with Crippen LogP contribution in [0.1, 0.15) is 5.89 Å². The lowest BCUT2D eigenvalue weighted by molar-refractivity contribution is -0.142. The third-order valence-electron chi connectivity index (χ3n) is 1.87. The number of carboxylic acid groups (broad SMARTS) is 1. The van der Waals surface area contributed by atoms with Crippen LogP contribution in [-0.2, 0) is 16.1 Å². The molecule has 0 aromatic carbocycles. The highest BCUT2D eigenvalue weighted by molar-refractivity contribution is 5.67. The van der Waals surface area contributed by atoms with Crippen LogP contribution in [0.4, 0.5) is 4.39 Å². The van der Waals surface area contributed by atoms with Crippen molar-refractivity contribution >= 4 is 5.97 Å². The van der Waals surface area contributed by atoms with Gasteiger partial charge in [0.25, 0.3) is 0 Å². The van der Waals surface area contributed by atoms with Gasteiger partial charge in [-0.05, 0) is 6.07 Å². The van der Waals surface area contributed by atoms with Crippen LogP contribution in [0.2, 0.25) is 0 Å². The maximum Gasteiger partial charge on any atom is 0.329 e. The summed E-state index contributed by atoms with van der Waals surface area (Å²) in [7, 11) is 0. The maximum absolute atomic E-state index is 12.9. The van der Waals surface area contributed by atoms with E-state index in [1.54, 1.807) is 0 Å². The first-order valence-corrected chi connectivity index (χ1v) is 4.88. The van der Waals surface area contributed by atoms with Gasteiger partial charge in [0.15, 0.2) is 0 Å². The zero-order valence-corrected chi connectivity index (χ0v) is 9.04. The van der Waals surface area contributed by atoms with Crippen molar-refractivity contribution in [1.29, 1.82) is 0 Å². The highest BCUT2D eigenvalue weighted by atomic mass is 19.1. The van der Waals surface area contributed by atoms with E-state index in [1.165, 1.54) is 12.3 Å². The molecule has 2 aromatic rings. The molecule has 0 spiro atoms. The van der Waals surface area contributed by atoms with Gasteiger partial charge in [-0.15, -0.1) is 10.2 Å². The standard InChI is InChI=1S/C10H8FN3O4/c11-7-1-6(2-12-3-7)10-14-13-8(18-10)4-17-5-9(15)16/h1-3H,4-5H2,(H,15,16). The molecule has 8 heteroatoms. The molecule has 2 aromatic heterocycles. The molecule has 94 valence electrons. The fourth-order valence-corrected chi connectivity index (χ4v) is 1.18. The van der Waals surface area contributed by atoms with Gasteiger partial charge in [0.1, 0.15) is 19.0 Å². The first-order chi connectivity index (χ1) is 8.65. The Morgan fingerprint density at radius 1 is 1.44 bits per heavy atom. The van der Waals surface area contributed by atoms with Crippen LogP contribution in [-0.4, -0.2) is 32.9 Å². The number of aliphatic carboxylic acids is 1. The van der Waals surface area contributed by atoms with Gasteiger partial charge >= 0.3 is 5.97 Å². The monoisotopic (exact) mass is 253 g/mol. The predicted molar refractivity (Wildman–Crippen MR) is 54.8 cm³/mol. The Bertz CT molecular complexity index is 558. The number of halogens is 1. The van der Waals surface area contributed by atoms with Crippen molar-refractivity contribution in [2.24, 2.45) is 0 Å². The number of nitrogens with zero attached hydrogens (tertiary/aromatic N) is 3. The Balaban J connectivity index is 2.04. The number of carboxylic acids is 1. The molecule has 0 atom stereocenters. The van der Waals surface area contributed by atoms with Gasteiger partial charge in [0.05, 0.1) is 11.8 Å². The Kier molecular flexibility index (Phi) is 3.58. The Morgan fingerprint density at radius 3 is 3.00 bits per heavy atom. The van der Waals surface area contributed by atoms with Crippen LogP contribution in [0.25, 0.3) is 11.5 Å². The molecular formula is C10H8FN3O4. The fourth-order valence-electron chi connectivity index (χ4n) is 1.18. The minimum atomic E-state index is -1.09. The lowest BCUT2D eigenvalue weighted by Gasteiger charge is -1.95. The molecule has 0 saturated carbocycles. The third kappa shape index (κ3) is 3.08. The highest BCUT2D eigenvalue weighted by Gasteiger charge is 2.10. The van der Waals surface area contributed by atoms with E-state index in [-0.39, 0.29) is 18.4 Å². The molecule has 2 heterocycles. The van der Waals surface area contributed by atoms with E-state index in [1.807, 2.05) is 0 Å². The summed E-state index contributed by atoms with van der Waals surface area (Å²) >= 11 is 0. The molecule has 18 heavy (non-hydrogen) atoms. The fraction of sp³-hybridized carbons (Fsp3) is 0.200. The van der Waals surface area contributed by atoms with Crippen molar-refractivity contribution < 1.29 is 23.4 Å². The van der Waals surface area contributed by atoms with Crippen molar-refractivity contribution in [3.05, 3.63) is 30.2 Å². The van der Waals surface area contributed by atoms with Crippen LogP contribution in [0.15, 0.2) is 22.9 Å². The van der Waals surface area contributed by atoms with Crippen LogP contribution in [0.5, 0.6) is 0 Å². The zero-order valence-electron chi connectivity index (χ0n) is 9.04. The van der Waals surface area contributed by atoms with E-state index >= 15 is 0 Å². The van der Waals surface area contributed by atoms with E-state index in [9.17, 15) is 9.18 Å². The summed E-state index contributed by atoms with van der Waals surface area (Å²) in [6.07, 6.45) is 2.43. The maximum atomic E-state index is 12.9. The van der Waals surface area contributed by atoms with Gasteiger partial charge in [-0.25, -0.2) is 9.18 Å². The first kappa shape index (κ1) is 12.1. The molecule has 1 N–H and O–H groups in total. The van der Waals surface area contributed by atoms with Crippen molar-refractivity contribution in [2.45, 2.75) is 6.61 Å². The van der Waals surface area contributed by atoms with Crippen LogP contribution in [0, 0.1) is 5.82 Å². The second-order valence-corrected chi connectivity index (χ2v) is 3.28. The number of ether oxygens (including phenoxy) is 1. The molecule has 0 saturated heterocycles. The van der Waals surface area contributed by atoms with E-state index in [0.29, 0.717) is 5.56 Å². The minimum absolute atomic E-state index is 0.0934. The Labute approximate surface area is 100 Å². The Hall–Kier alpha value is -2.35. The van der Waals surface area contributed by atoms with E-state index in [4.69, 9.17) is 14.3 Å². The van der Waals surface area contributed by atoms with Crippen LogP contribution >= 0.6 is 0 Å². The molecule has 0 amide bonds. The SMILES string of the molecule is O=C(O)COCc1nnc(-c2cncc(F)c2)o1. The van der Waals surface area contributed by atoms with Gasteiger partial charge < -0.3 is 14.3 Å². The number of aromatic nitrogens is 3. The molecule has 0 radical (unpaired) electrons. The predicted octanol–water partition coefficient (Wildman–Crippen LogP) is 0.872. The second-order valence-electron chi connectivity index (χ2n) is 3.28. The quantitative estimate of drug-likeness (QED) is 0.844. The second kappa shape index (κ2) is 5.32. The number of hydrogen-bond acceptors (Lipinski definition) is 6. The summed E-state index contributed by atoms with van der Waals surface area (Å²) in [5.41, 5.74) is 0.340. The molecule has 0 aliphatic carbocycles. The summed E-state index contributed by atoms with van der Waals surface area (Å²) < 4.78 is 22.8. The molecule has 0 aliphatic heterocycles. The largest absolute Gasteiger partial charge is 0.480 e. The van der Waals surface area contributed by atoms with Gasteiger partial charge in [0, 0.05) is 6.20 Å². The lowest BCUT2D eigenvalue weighted by Crippen LogP contribution is -2.06. The van der Waals surface area contributed by atoms with Crippen molar-refractivity contribution in [2.75, 3.05) is 6.61 Å². The van der Waals surface area contributed by atoms with Gasteiger partial charge in [0.2, 0.25) is 11.8 Å². The molecule has 0 bridgehead atoms. The average Bonchev–Trinajstić information content (AvgIpc) is 2.77. The highest BCUT2D eigenvalue weighted by Crippen LogP contribution is 2.17. The Morgan fingerprint density at radius 2 is 2.28 bits per heavy atom. The number of rotatable bonds is 5. The summed E-state index contributed by atoms with van der Waals surface area (Å²) in [6.45, 7) is -0.582. The zero-order chi connectivity index (χ0) is 13.0. The van der Waals surface area contributed by atoms with E-state index in [0.717, 1.165) is 6.20 Å². The lowest BCUT2D eigenvalue weighted by atomic mass is 10.3. The normalized spacial score (nSPS) is 10.5. The molecule has 7 nitrogen and oxygen atoms in total. The van der Waals surface area contributed by atoms with Crippen LogP contribution < -0.4 is 0 Å². The van der Waals surface area contributed by atoms with Crippen molar-refractivity contribution in [3.8, 4) is 11.5 Å². The van der Waals surface area contributed by atoms with Gasteiger partial charge in [-0.3, -0.25) is 4.98 Å². The van der Waals surface area contributed by atoms with Crippen LogP contribution in [0.3, 0.4) is 0 Å². The van der Waals surface area contributed by atoms with Crippen molar-refractivity contribution in [1.82, 2.24) is 15.2 Å². The van der Waals surface area contributed by atoms with Gasteiger partial charge in [-0.2, -0.15) is 0 Å². The smallest absolute Gasteiger partial charge is 0.329 e. The number of carbonyl (C=O) groups is 1.